The molecular weight excluding hydrogens is 211 g/mol. The summed E-state index contributed by atoms with van der Waals surface area (Å²) in [5.74, 6) is 2.01. The maximum absolute atomic E-state index is 12.5. The molecular formula is C9H10F3NO2. The zero-order chi connectivity index (χ0) is 11.7. The van der Waals surface area contributed by atoms with E-state index in [4.69, 9.17) is 11.5 Å². The quantitative estimate of drug-likeness (QED) is 0.716. The second-order valence-electron chi connectivity index (χ2n) is 3.65. The Balaban J connectivity index is 2.61. The average Bonchev–Trinajstić information content (AvgIpc) is 2.82. The molecule has 0 bridgehead atoms. The topological polar surface area (TPSA) is 49.3 Å². The summed E-state index contributed by atoms with van der Waals surface area (Å²) in [5.41, 5.74) is -1.77. The molecule has 1 aliphatic carbocycles. The average molecular weight is 221 g/mol. The Bertz CT molecular complexity index is 301. The number of terminal acetylenes is 1. The van der Waals surface area contributed by atoms with Gasteiger partial charge in [-0.2, -0.15) is 13.2 Å². The van der Waals surface area contributed by atoms with Gasteiger partial charge in [0, 0.05) is 0 Å². The smallest absolute Gasteiger partial charge is 0.405 e. The van der Waals surface area contributed by atoms with Crippen molar-refractivity contribution in [2.45, 2.75) is 31.5 Å². The molecule has 1 atom stereocenters. The van der Waals surface area contributed by atoms with Crippen molar-refractivity contribution in [3.63, 3.8) is 0 Å². The standard InChI is InChI=1S/C9H10F3NO2/c1-2-6(13-7(14)15)5-8(3-4-8)9(10,11)12/h1,6,13H,3-5H2,(H,14,15). The second kappa shape index (κ2) is 3.65. The minimum Gasteiger partial charge on any atom is -0.465 e. The maximum atomic E-state index is 12.5. The molecule has 1 unspecified atom stereocenters. The molecule has 15 heavy (non-hydrogen) atoms. The van der Waals surface area contributed by atoms with Crippen molar-refractivity contribution in [3.8, 4) is 12.3 Å². The Labute approximate surface area is 84.7 Å². The first-order valence-electron chi connectivity index (χ1n) is 4.33. The van der Waals surface area contributed by atoms with Crippen LogP contribution < -0.4 is 5.32 Å². The molecule has 2 N–H and O–H groups in total. The van der Waals surface area contributed by atoms with Gasteiger partial charge in [0.15, 0.2) is 0 Å². The van der Waals surface area contributed by atoms with Gasteiger partial charge in [0.05, 0.1) is 11.5 Å². The van der Waals surface area contributed by atoms with Gasteiger partial charge in [-0.05, 0) is 19.3 Å². The monoisotopic (exact) mass is 221 g/mol. The first-order chi connectivity index (χ1) is 6.81. The molecule has 0 saturated heterocycles. The maximum Gasteiger partial charge on any atom is 0.405 e. The zero-order valence-corrected chi connectivity index (χ0v) is 7.77. The molecule has 0 heterocycles. The summed E-state index contributed by atoms with van der Waals surface area (Å²) in [5, 5.41) is 10.2. The first kappa shape index (κ1) is 11.7. The fraction of sp³-hybridized carbons (Fsp3) is 0.667. The Hall–Kier alpha value is -1.38. The number of halogens is 3. The lowest BCUT2D eigenvalue weighted by atomic mass is 9.96. The van der Waals surface area contributed by atoms with E-state index in [1.165, 1.54) is 0 Å². The third-order valence-corrected chi connectivity index (χ3v) is 2.55. The summed E-state index contributed by atoms with van der Waals surface area (Å²) in [6.07, 6.45) is -1.08. The minimum absolute atomic E-state index is 0.0238. The number of alkyl halides is 3. The molecule has 1 fully saturated rings. The van der Waals surface area contributed by atoms with Crippen LogP contribution in [0.3, 0.4) is 0 Å². The van der Waals surface area contributed by atoms with Gasteiger partial charge in [-0.25, -0.2) is 4.79 Å². The van der Waals surface area contributed by atoms with Crippen LogP contribution in [0.4, 0.5) is 18.0 Å². The van der Waals surface area contributed by atoms with E-state index in [0.717, 1.165) is 0 Å². The highest BCUT2D eigenvalue weighted by Crippen LogP contribution is 2.60. The van der Waals surface area contributed by atoms with Crippen molar-refractivity contribution < 1.29 is 23.1 Å². The first-order valence-corrected chi connectivity index (χ1v) is 4.33. The fourth-order valence-corrected chi connectivity index (χ4v) is 1.45. The van der Waals surface area contributed by atoms with Crippen molar-refractivity contribution in [1.29, 1.82) is 0 Å². The van der Waals surface area contributed by atoms with E-state index in [9.17, 15) is 18.0 Å². The van der Waals surface area contributed by atoms with E-state index < -0.39 is 23.7 Å². The molecule has 1 amide bonds. The predicted molar refractivity (Wildman–Crippen MR) is 46.1 cm³/mol. The van der Waals surface area contributed by atoms with Crippen molar-refractivity contribution in [2.24, 2.45) is 5.41 Å². The Morgan fingerprint density at radius 2 is 2.13 bits per heavy atom. The Morgan fingerprint density at radius 3 is 2.40 bits per heavy atom. The van der Waals surface area contributed by atoms with Crippen LogP contribution in [0.2, 0.25) is 0 Å². The van der Waals surface area contributed by atoms with Gasteiger partial charge in [0.2, 0.25) is 0 Å². The van der Waals surface area contributed by atoms with Crippen LogP contribution in [0.5, 0.6) is 0 Å². The summed E-state index contributed by atoms with van der Waals surface area (Å²) in [6, 6.07) is -1.08. The van der Waals surface area contributed by atoms with Crippen LogP contribution in [0.1, 0.15) is 19.3 Å². The molecule has 0 spiro atoms. The number of amides is 1. The molecule has 1 saturated carbocycles. The summed E-state index contributed by atoms with van der Waals surface area (Å²) in [7, 11) is 0. The highest BCUT2D eigenvalue weighted by atomic mass is 19.4. The number of carboxylic acid groups (broad SMARTS) is 1. The minimum atomic E-state index is -4.30. The predicted octanol–water partition coefficient (Wildman–Crippen LogP) is 1.99. The van der Waals surface area contributed by atoms with Crippen LogP contribution in [0.15, 0.2) is 0 Å². The lowest BCUT2D eigenvalue weighted by Crippen LogP contribution is -2.38. The molecule has 6 heteroatoms. The zero-order valence-electron chi connectivity index (χ0n) is 7.77. The molecule has 84 valence electrons. The molecule has 0 radical (unpaired) electrons. The van der Waals surface area contributed by atoms with Gasteiger partial charge < -0.3 is 10.4 Å². The third kappa shape index (κ3) is 2.55. The van der Waals surface area contributed by atoms with Crippen molar-refractivity contribution in [3.05, 3.63) is 0 Å². The van der Waals surface area contributed by atoms with E-state index in [0.29, 0.717) is 0 Å². The summed E-state index contributed by atoms with van der Waals surface area (Å²) in [6.45, 7) is 0. The lowest BCUT2D eigenvalue weighted by Gasteiger charge is -2.22. The van der Waals surface area contributed by atoms with Crippen LogP contribution in [-0.4, -0.2) is 23.4 Å². The Morgan fingerprint density at radius 1 is 1.60 bits per heavy atom. The molecule has 0 aliphatic heterocycles. The fourth-order valence-electron chi connectivity index (χ4n) is 1.45. The molecule has 1 rings (SSSR count). The van der Waals surface area contributed by atoms with Crippen molar-refractivity contribution in [2.75, 3.05) is 0 Å². The van der Waals surface area contributed by atoms with Gasteiger partial charge in [-0.1, -0.05) is 5.92 Å². The summed E-state index contributed by atoms with van der Waals surface area (Å²) >= 11 is 0. The molecule has 0 aromatic heterocycles. The number of hydrogen-bond acceptors (Lipinski definition) is 1. The third-order valence-electron chi connectivity index (χ3n) is 2.55. The number of hydrogen-bond donors (Lipinski definition) is 2. The van der Waals surface area contributed by atoms with E-state index in [1.54, 1.807) is 0 Å². The van der Waals surface area contributed by atoms with E-state index in [2.05, 4.69) is 0 Å². The Kier molecular flexibility index (Phi) is 2.84. The van der Waals surface area contributed by atoms with Crippen molar-refractivity contribution in [1.82, 2.24) is 5.32 Å². The second-order valence-corrected chi connectivity index (χ2v) is 3.65. The summed E-state index contributed by atoms with van der Waals surface area (Å²) < 4.78 is 37.5. The van der Waals surface area contributed by atoms with Gasteiger partial charge in [0.25, 0.3) is 0 Å². The van der Waals surface area contributed by atoms with Crippen LogP contribution >= 0.6 is 0 Å². The number of nitrogens with one attached hydrogen (secondary N) is 1. The number of carbonyl (C=O) groups is 1. The van der Waals surface area contributed by atoms with Crippen LogP contribution in [-0.2, 0) is 0 Å². The molecule has 0 aromatic rings. The molecule has 0 aromatic carbocycles. The van der Waals surface area contributed by atoms with Gasteiger partial charge in [-0.15, -0.1) is 6.42 Å². The van der Waals surface area contributed by atoms with Gasteiger partial charge >= 0.3 is 12.3 Å². The highest BCUT2D eigenvalue weighted by Gasteiger charge is 2.63. The molecule has 3 nitrogen and oxygen atoms in total. The number of rotatable bonds is 3. The highest BCUT2D eigenvalue weighted by molar-refractivity contribution is 5.65. The van der Waals surface area contributed by atoms with Crippen LogP contribution in [0, 0.1) is 17.8 Å². The van der Waals surface area contributed by atoms with E-state index >= 15 is 0 Å². The lowest BCUT2D eigenvalue weighted by molar-refractivity contribution is -0.189. The largest absolute Gasteiger partial charge is 0.465 e. The van der Waals surface area contributed by atoms with Gasteiger partial charge in [-0.3, -0.25) is 0 Å². The molecule has 1 aliphatic rings. The summed E-state index contributed by atoms with van der Waals surface area (Å²) in [4.78, 5) is 10.2. The van der Waals surface area contributed by atoms with Crippen LogP contribution in [0.25, 0.3) is 0 Å². The van der Waals surface area contributed by atoms with E-state index in [1.807, 2.05) is 11.2 Å². The SMILES string of the molecule is C#CC(CC1(C(F)(F)F)CC1)NC(=O)O. The van der Waals surface area contributed by atoms with Gasteiger partial charge in [0.1, 0.15) is 0 Å². The normalized spacial score (nSPS) is 20.1. The van der Waals surface area contributed by atoms with Crippen molar-refractivity contribution >= 4 is 6.09 Å². The van der Waals surface area contributed by atoms with E-state index in [-0.39, 0.29) is 19.3 Å².